The zero-order chi connectivity index (χ0) is 13.2. The average molecular weight is 252 g/mol. The van der Waals surface area contributed by atoms with Gasteiger partial charge in [0, 0.05) is 38.8 Å². The van der Waals surface area contributed by atoms with E-state index >= 15 is 0 Å². The van der Waals surface area contributed by atoms with Crippen LogP contribution in [0.4, 0.5) is 5.88 Å². The molecule has 1 aliphatic heterocycles. The molecule has 5 nitrogen and oxygen atoms in total. The van der Waals surface area contributed by atoms with Crippen molar-refractivity contribution in [1.82, 2.24) is 4.90 Å². The van der Waals surface area contributed by atoms with Gasteiger partial charge in [0.1, 0.15) is 0 Å². The molecule has 100 valence electrons. The summed E-state index contributed by atoms with van der Waals surface area (Å²) in [6.45, 7) is 7.80. The third-order valence-corrected chi connectivity index (χ3v) is 3.02. The van der Waals surface area contributed by atoms with E-state index in [2.05, 4.69) is 9.80 Å². The quantitative estimate of drug-likeness (QED) is 0.810. The van der Waals surface area contributed by atoms with Crippen molar-refractivity contribution in [3.63, 3.8) is 0 Å². The summed E-state index contributed by atoms with van der Waals surface area (Å²) in [7, 11) is 0. The molecule has 0 spiro atoms. The minimum Gasteiger partial charge on any atom is -0.438 e. The van der Waals surface area contributed by atoms with Crippen LogP contribution in [-0.4, -0.2) is 54.6 Å². The molecule has 1 aromatic rings. The number of anilines is 1. The standard InChI is InChI=1S/C13H20N2O3/c1-13(2,17)10-14-5-7-15(8-6-14)12-4-3-11(9-16)18-12/h3-4,9,17H,5-8,10H2,1-2H3. The molecule has 0 bridgehead atoms. The van der Waals surface area contributed by atoms with E-state index in [0.29, 0.717) is 18.6 Å². The lowest BCUT2D eigenvalue weighted by atomic mass is 10.1. The summed E-state index contributed by atoms with van der Waals surface area (Å²) in [4.78, 5) is 14.9. The predicted octanol–water partition coefficient (Wildman–Crippen LogP) is 0.985. The first-order valence-electron chi connectivity index (χ1n) is 6.23. The topological polar surface area (TPSA) is 56.9 Å². The number of aldehydes is 1. The number of furan rings is 1. The summed E-state index contributed by atoms with van der Waals surface area (Å²) in [5.74, 6) is 1.11. The minimum atomic E-state index is -0.655. The second-order valence-corrected chi connectivity index (χ2v) is 5.37. The second kappa shape index (κ2) is 5.12. The van der Waals surface area contributed by atoms with Crippen LogP contribution >= 0.6 is 0 Å². The van der Waals surface area contributed by atoms with Crippen LogP contribution in [0.2, 0.25) is 0 Å². The van der Waals surface area contributed by atoms with E-state index in [-0.39, 0.29) is 0 Å². The number of rotatable bonds is 4. The first-order chi connectivity index (χ1) is 8.48. The fourth-order valence-corrected chi connectivity index (χ4v) is 2.25. The molecule has 1 saturated heterocycles. The maximum absolute atomic E-state index is 10.6. The van der Waals surface area contributed by atoms with E-state index in [1.54, 1.807) is 6.07 Å². The lowest BCUT2D eigenvalue weighted by molar-refractivity contribution is 0.0343. The highest BCUT2D eigenvalue weighted by Crippen LogP contribution is 2.19. The maximum atomic E-state index is 10.6. The zero-order valence-electron chi connectivity index (χ0n) is 10.9. The SMILES string of the molecule is CC(C)(O)CN1CCN(c2ccc(C=O)o2)CC1. The van der Waals surface area contributed by atoms with Crippen LogP contribution in [0.5, 0.6) is 0 Å². The van der Waals surface area contributed by atoms with Crippen molar-refractivity contribution in [1.29, 1.82) is 0 Å². The van der Waals surface area contributed by atoms with Crippen molar-refractivity contribution in [3.8, 4) is 0 Å². The van der Waals surface area contributed by atoms with Gasteiger partial charge in [-0.3, -0.25) is 9.69 Å². The Kier molecular flexibility index (Phi) is 3.73. The first kappa shape index (κ1) is 13.1. The predicted molar refractivity (Wildman–Crippen MR) is 69.0 cm³/mol. The summed E-state index contributed by atoms with van der Waals surface area (Å²) < 4.78 is 5.40. The first-order valence-corrected chi connectivity index (χ1v) is 6.23. The third kappa shape index (κ3) is 3.34. The summed E-state index contributed by atoms with van der Waals surface area (Å²) in [6, 6.07) is 3.51. The van der Waals surface area contributed by atoms with E-state index in [1.807, 2.05) is 19.9 Å². The number of carbonyl (C=O) groups excluding carboxylic acids is 1. The summed E-state index contributed by atoms with van der Waals surface area (Å²) in [5.41, 5.74) is -0.655. The molecule has 1 aromatic heterocycles. The Morgan fingerprint density at radius 1 is 1.33 bits per heavy atom. The Labute approximate surface area is 107 Å². The molecule has 1 fully saturated rings. The Morgan fingerprint density at radius 3 is 2.50 bits per heavy atom. The van der Waals surface area contributed by atoms with Crippen LogP contribution in [-0.2, 0) is 0 Å². The Balaban J connectivity index is 1.88. The van der Waals surface area contributed by atoms with Crippen LogP contribution in [0, 0.1) is 0 Å². The van der Waals surface area contributed by atoms with Gasteiger partial charge < -0.3 is 14.4 Å². The van der Waals surface area contributed by atoms with Gasteiger partial charge in [-0.15, -0.1) is 0 Å². The highest BCUT2D eigenvalue weighted by Gasteiger charge is 2.23. The smallest absolute Gasteiger partial charge is 0.196 e. The molecule has 1 aliphatic rings. The average Bonchev–Trinajstić information content (AvgIpc) is 2.76. The number of hydrogen-bond donors (Lipinski definition) is 1. The fraction of sp³-hybridized carbons (Fsp3) is 0.615. The van der Waals surface area contributed by atoms with Gasteiger partial charge in [-0.25, -0.2) is 0 Å². The van der Waals surface area contributed by atoms with Gasteiger partial charge in [-0.05, 0) is 19.9 Å². The molecule has 0 saturated carbocycles. The molecule has 0 aliphatic carbocycles. The summed E-state index contributed by atoms with van der Waals surface area (Å²) >= 11 is 0. The minimum absolute atomic E-state index is 0.365. The molecular weight excluding hydrogens is 232 g/mol. The third-order valence-electron chi connectivity index (χ3n) is 3.02. The Hall–Kier alpha value is -1.33. The number of aliphatic hydroxyl groups is 1. The highest BCUT2D eigenvalue weighted by molar-refractivity contribution is 5.71. The normalized spacial score (nSPS) is 18.1. The van der Waals surface area contributed by atoms with Crippen molar-refractivity contribution in [2.75, 3.05) is 37.6 Å². The van der Waals surface area contributed by atoms with Crippen LogP contribution in [0.25, 0.3) is 0 Å². The zero-order valence-corrected chi connectivity index (χ0v) is 10.9. The molecule has 18 heavy (non-hydrogen) atoms. The monoisotopic (exact) mass is 252 g/mol. The number of nitrogens with zero attached hydrogens (tertiary/aromatic N) is 2. The van der Waals surface area contributed by atoms with Gasteiger partial charge >= 0.3 is 0 Å². The van der Waals surface area contributed by atoms with Gasteiger partial charge in [-0.1, -0.05) is 0 Å². The van der Waals surface area contributed by atoms with Crippen LogP contribution < -0.4 is 4.90 Å². The molecule has 5 heteroatoms. The van der Waals surface area contributed by atoms with E-state index in [4.69, 9.17) is 4.42 Å². The van der Waals surface area contributed by atoms with Gasteiger partial charge in [-0.2, -0.15) is 0 Å². The lowest BCUT2D eigenvalue weighted by Crippen LogP contribution is -2.50. The van der Waals surface area contributed by atoms with E-state index in [1.165, 1.54) is 0 Å². The van der Waals surface area contributed by atoms with Crippen molar-refractivity contribution >= 4 is 12.2 Å². The summed E-state index contributed by atoms with van der Waals surface area (Å²) in [6.07, 6.45) is 0.716. The van der Waals surface area contributed by atoms with Crippen molar-refractivity contribution in [2.45, 2.75) is 19.4 Å². The van der Waals surface area contributed by atoms with E-state index in [0.717, 1.165) is 32.1 Å². The number of hydrogen-bond acceptors (Lipinski definition) is 5. The largest absolute Gasteiger partial charge is 0.438 e. The van der Waals surface area contributed by atoms with Gasteiger partial charge in [0.05, 0.1) is 5.60 Å². The van der Waals surface area contributed by atoms with E-state index in [9.17, 15) is 9.90 Å². The van der Waals surface area contributed by atoms with Crippen LogP contribution in [0.15, 0.2) is 16.5 Å². The van der Waals surface area contributed by atoms with Crippen LogP contribution in [0.1, 0.15) is 24.4 Å². The molecule has 1 N–H and O–H groups in total. The van der Waals surface area contributed by atoms with Crippen molar-refractivity contribution in [2.24, 2.45) is 0 Å². The number of carbonyl (C=O) groups is 1. The number of β-amino-alcohol motifs (C(OH)–C–C–N with tert-alkyl or cyclic N) is 1. The fourth-order valence-electron chi connectivity index (χ4n) is 2.25. The highest BCUT2D eigenvalue weighted by atomic mass is 16.4. The molecule has 0 unspecified atom stereocenters. The molecule has 2 heterocycles. The number of piperazine rings is 1. The van der Waals surface area contributed by atoms with Gasteiger partial charge in [0.2, 0.25) is 0 Å². The van der Waals surface area contributed by atoms with Crippen LogP contribution in [0.3, 0.4) is 0 Å². The van der Waals surface area contributed by atoms with Gasteiger partial charge in [0.15, 0.2) is 17.9 Å². The Bertz CT molecular complexity index is 401. The lowest BCUT2D eigenvalue weighted by Gasteiger charge is -2.37. The maximum Gasteiger partial charge on any atom is 0.196 e. The van der Waals surface area contributed by atoms with Crippen molar-refractivity contribution in [3.05, 3.63) is 17.9 Å². The second-order valence-electron chi connectivity index (χ2n) is 5.37. The van der Waals surface area contributed by atoms with Gasteiger partial charge in [0.25, 0.3) is 0 Å². The van der Waals surface area contributed by atoms with Crippen molar-refractivity contribution < 1.29 is 14.3 Å². The molecule has 0 radical (unpaired) electrons. The molecule has 0 amide bonds. The molecule has 0 atom stereocenters. The molecule has 0 aromatic carbocycles. The Morgan fingerprint density at radius 2 is 2.00 bits per heavy atom. The summed E-state index contributed by atoms with van der Waals surface area (Å²) in [5, 5.41) is 9.78. The van der Waals surface area contributed by atoms with E-state index < -0.39 is 5.60 Å². The molecule has 2 rings (SSSR count). The molecular formula is C13H20N2O3.